The fourth-order valence-corrected chi connectivity index (χ4v) is 1.84. The summed E-state index contributed by atoms with van der Waals surface area (Å²) >= 11 is 0. The summed E-state index contributed by atoms with van der Waals surface area (Å²) in [5, 5.41) is 0. The third-order valence-electron chi connectivity index (χ3n) is 2.59. The first-order valence-corrected chi connectivity index (χ1v) is 6.19. The van der Waals surface area contributed by atoms with Crippen LogP contribution in [0.2, 0.25) is 0 Å². The third-order valence-corrected chi connectivity index (χ3v) is 2.59. The van der Waals surface area contributed by atoms with E-state index in [4.69, 9.17) is 14.2 Å². The zero-order chi connectivity index (χ0) is 13.0. The van der Waals surface area contributed by atoms with Crippen molar-refractivity contribution in [2.24, 2.45) is 0 Å². The molecule has 0 aromatic heterocycles. The number of hydrogen-bond donors (Lipinski definition) is 0. The Balaban J connectivity index is 2.08. The zero-order valence-electron chi connectivity index (χ0n) is 10.7. The summed E-state index contributed by atoms with van der Waals surface area (Å²) in [6.07, 6.45) is -0.138. The number of hydrogen-bond acceptors (Lipinski definition) is 4. The molecular formula is C14H18O4. The van der Waals surface area contributed by atoms with Gasteiger partial charge in [0.05, 0.1) is 31.3 Å². The van der Waals surface area contributed by atoms with Crippen LogP contribution in [0.5, 0.6) is 5.75 Å². The minimum Gasteiger partial charge on any atom is -0.490 e. The van der Waals surface area contributed by atoms with Crippen LogP contribution in [0.4, 0.5) is 0 Å². The molecule has 0 aliphatic carbocycles. The van der Waals surface area contributed by atoms with Crippen molar-refractivity contribution in [1.82, 2.24) is 0 Å². The molecule has 1 saturated heterocycles. The molecule has 0 radical (unpaired) electrons. The van der Waals surface area contributed by atoms with Crippen LogP contribution in [0.3, 0.4) is 0 Å². The van der Waals surface area contributed by atoms with Crippen molar-refractivity contribution >= 4 is 5.78 Å². The molecule has 1 fully saturated rings. The fourth-order valence-electron chi connectivity index (χ4n) is 1.84. The average molecular weight is 250 g/mol. The Labute approximate surface area is 107 Å². The van der Waals surface area contributed by atoms with Gasteiger partial charge in [-0.15, -0.1) is 0 Å². The highest BCUT2D eigenvalue weighted by Gasteiger charge is 2.22. The molecule has 0 spiro atoms. The van der Waals surface area contributed by atoms with Crippen LogP contribution < -0.4 is 4.74 Å². The monoisotopic (exact) mass is 250 g/mol. The van der Waals surface area contributed by atoms with Crippen LogP contribution in [0.15, 0.2) is 24.3 Å². The van der Waals surface area contributed by atoms with Crippen LogP contribution in [0.1, 0.15) is 30.6 Å². The topological polar surface area (TPSA) is 44.8 Å². The summed E-state index contributed by atoms with van der Waals surface area (Å²) in [6, 6.07) is 7.27. The molecule has 98 valence electrons. The minimum atomic E-state index is -0.412. The lowest BCUT2D eigenvalue weighted by molar-refractivity contribution is -0.0408. The second-order valence-electron chi connectivity index (χ2n) is 4.46. The molecule has 0 atom stereocenters. The van der Waals surface area contributed by atoms with E-state index < -0.39 is 6.29 Å². The standard InChI is InChI=1S/C14H18O4/c1-10(2)18-13-6-4-3-5-11(13)12(15)9-14-16-7-8-17-14/h3-6,10,14H,7-9H2,1-2H3. The Hall–Kier alpha value is -1.39. The summed E-state index contributed by atoms with van der Waals surface area (Å²) in [7, 11) is 0. The Kier molecular flexibility index (Phi) is 4.33. The fraction of sp³-hybridized carbons (Fsp3) is 0.500. The molecule has 4 heteroatoms. The summed E-state index contributed by atoms with van der Waals surface area (Å²) in [5.74, 6) is 0.605. The van der Waals surface area contributed by atoms with E-state index in [1.807, 2.05) is 32.0 Å². The molecule has 0 bridgehead atoms. The smallest absolute Gasteiger partial charge is 0.171 e. The van der Waals surface area contributed by atoms with Crippen LogP contribution in [0.25, 0.3) is 0 Å². The first-order chi connectivity index (χ1) is 8.66. The maximum absolute atomic E-state index is 12.2. The second kappa shape index (κ2) is 5.98. The highest BCUT2D eigenvalue weighted by Crippen LogP contribution is 2.22. The van der Waals surface area contributed by atoms with Crippen LogP contribution in [-0.4, -0.2) is 31.4 Å². The van der Waals surface area contributed by atoms with Crippen molar-refractivity contribution < 1.29 is 19.0 Å². The van der Waals surface area contributed by atoms with Gasteiger partial charge in [-0.3, -0.25) is 4.79 Å². The maximum atomic E-state index is 12.2. The number of ether oxygens (including phenoxy) is 3. The van der Waals surface area contributed by atoms with Crippen LogP contribution in [0, 0.1) is 0 Å². The number of para-hydroxylation sites is 1. The summed E-state index contributed by atoms with van der Waals surface area (Å²) < 4.78 is 16.2. The van der Waals surface area contributed by atoms with Crippen molar-refractivity contribution in [3.8, 4) is 5.75 Å². The largest absolute Gasteiger partial charge is 0.490 e. The van der Waals surface area contributed by atoms with E-state index in [1.165, 1.54) is 0 Å². The van der Waals surface area contributed by atoms with Gasteiger partial charge in [0.2, 0.25) is 0 Å². The van der Waals surface area contributed by atoms with Crippen molar-refractivity contribution in [1.29, 1.82) is 0 Å². The van der Waals surface area contributed by atoms with Crippen LogP contribution in [-0.2, 0) is 9.47 Å². The van der Waals surface area contributed by atoms with Crippen molar-refractivity contribution in [2.45, 2.75) is 32.7 Å². The molecule has 0 N–H and O–H groups in total. The molecule has 4 nitrogen and oxygen atoms in total. The van der Waals surface area contributed by atoms with E-state index in [-0.39, 0.29) is 18.3 Å². The van der Waals surface area contributed by atoms with E-state index in [2.05, 4.69) is 0 Å². The zero-order valence-corrected chi connectivity index (χ0v) is 10.7. The molecule has 1 heterocycles. The first kappa shape index (κ1) is 13.1. The molecule has 18 heavy (non-hydrogen) atoms. The Morgan fingerprint density at radius 1 is 1.33 bits per heavy atom. The van der Waals surface area contributed by atoms with Gasteiger partial charge in [-0.1, -0.05) is 12.1 Å². The van der Waals surface area contributed by atoms with E-state index in [0.717, 1.165) is 0 Å². The minimum absolute atomic E-state index is 0.0156. The molecule has 1 aromatic rings. The lowest BCUT2D eigenvalue weighted by atomic mass is 10.1. The number of carbonyl (C=O) groups excluding carboxylic acids is 1. The highest BCUT2D eigenvalue weighted by molar-refractivity contribution is 5.98. The van der Waals surface area contributed by atoms with Gasteiger partial charge in [-0.2, -0.15) is 0 Å². The molecule has 1 aromatic carbocycles. The summed E-state index contributed by atoms with van der Waals surface area (Å²) in [4.78, 5) is 12.2. The first-order valence-electron chi connectivity index (χ1n) is 6.19. The van der Waals surface area contributed by atoms with Gasteiger partial charge in [0.15, 0.2) is 12.1 Å². The molecule has 2 rings (SSSR count). The van der Waals surface area contributed by atoms with Gasteiger partial charge in [0.1, 0.15) is 5.75 Å². The third kappa shape index (κ3) is 3.31. The number of ketones is 1. The SMILES string of the molecule is CC(C)Oc1ccccc1C(=O)CC1OCCO1. The number of benzene rings is 1. The lowest BCUT2D eigenvalue weighted by Gasteiger charge is -2.14. The van der Waals surface area contributed by atoms with E-state index >= 15 is 0 Å². The number of rotatable bonds is 5. The average Bonchev–Trinajstić information content (AvgIpc) is 2.81. The molecule has 0 saturated carbocycles. The van der Waals surface area contributed by atoms with Crippen molar-refractivity contribution in [2.75, 3.05) is 13.2 Å². The Morgan fingerprint density at radius 3 is 2.67 bits per heavy atom. The van der Waals surface area contributed by atoms with Gasteiger partial charge in [-0.05, 0) is 26.0 Å². The Bertz CT molecular complexity index is 408. The summed E-state index contributed by atoms with van der Waals surface area (Å²) in [6.45, 7) is 4.99. The molecule has 1 aliphatic heterocycles. The normalized spacial score (nSPS) is 16.2. The van der Waals surface area contributed by atoms with Crippen LogP contribution >= 0.6 is 0 Å². The van der Waals surface area contributed by atoms with Gasteiger partial charge < -0.3 is 14.2 Å². The van der Waals surface area contributed by atoms with E-state index in [0.29, 0.717) is 24.5 Å². The maximum Gasteiger partial charge on any atom is 0.171 e. The van der Waals surface area contributed by atoms with Gasteiger partial charge in [0.25, 0.3) is 0 Å². The molecule has 1 aliphatic rings. The molecule has 0 unspecified atom stereocenters. The predicted molar refractivity (Wildman–Crippen MR) is 66.8 cm³/mol. The van der Waals surface area contributed by atoms with Gasteiger partial charge >= 0.3 is 0 Å². The highest BCUT2D eigenvalue weighted by atomic mass is 16.7. The van der Waals surface area contributed by atoms with Gasteiger partial charge in [-0.25, -0.2) is 0 Å². The molecular weight excluding hydrogens is 232 g/mol. The number of carbonyl (C=O) groups is 1. The number of Topliss-reactive ketones (excluding diaryl/α,β-unsaturated/α-hetero) is 1. The van der Waals surface area contributed by atoms with E-state index in [9.17, 15) is 4.79 Å². The predicted octanol–water partition coefficient (Wildman–Crippen LogP) is 2.42. The quantitative estimate of drug-likeness (QED) is 0.753. The molecule has 0 amide bonds. The Morgan fingerprint density at radius 2 is 2.00 bits per heavy atom. The van der Waals surface area contributed by atoms with Crippen molar-refractivity contribution in [3.63, 3.8) is 0 Å². The van der Waals surface area contributed by atoms with E-state index in [1.54, 1.807) is 6.07 Å². The second-order valence-corrected chi connectivity index (χ2v) is 4.46. The lowest BCUT2D eigenvalue weighted by Crippen LogP contribution is -2.16. The summed E-state index contributed by atoms with van der Waals surface area (Å²) in [5.41, 5.74) is 0.588. The van der Waals surface area contributed by atoms with Crippen molar-refractivity contribution in [3.05, 3.63) is 29.8 Å². The van der Waals surface area contributed by atoms with Gasteiger partial charge in [0, 0.05) is 0 Å².